The molecule has 10 nitrogen and oxygen atoms in total. The zero-order chi connectivity index (χ0) is 27.3. The molecule has 0 spiro atoms. The summed E-state index contributed by atoms with van der Waals surface area (Å²) in [5.41, 5.74) is 6.81. The highest BCUT2D eigenvalue weighted by Gasteiger charge is 2.42. The zero-order valence-corrected chi connectivity index (χ0v) is 22.1. The summed E-state index contributed by atoms with van der Waals surface area (Å²) in [4.78, 5) is 27.2. The van der Waals surface area contributed by atoms with E-state index in [4.69, 9.17) is 22.1 Å². The van der Waals surface area contributed by atoms with E-state index in [0.717, 1.165) is 15.2 Å². The van der Waals surface area contributed by atoms with E-state index in [2.05, 4.69) is 31.2 Å². The van der Waals surface area contributed by atoms with Gasteiger partial charge in [-0.1, -0.05) is 29.8 Å². The Morgan fingerprint density at radius 3 is 2.72 bits per heavy atom. The second-order valence-corrected chi connectivity index (χ2v) is 10.8. The summed E-state index contributed by atoms with van der Waals surface area (Å²) in [5.74, 6) is -0.179. The van der Waals surface area contributed by atoms with Crippen LogP contribution in [0.4, 0.5) is 15.1 Å². The number of carbonyl (C=O) groups excluding carboxylic acids is 1. The van der Waals surface area contributed by atoms with Crippen molar-refractivity contribution >= 4 is 56.2 Å². The van der Waals surface area contributed by atoms with Crippen molar-refractivity contribution in [2.45, 2.75) is 25.4 Å². The molecule has 3 N–H and O–H groups in total. The second kappa shape index (κ2) is 9.44. The molecule has 0 radical (unpaired) electrons. The molecule has 5 aromatic rings. The number of halogens is 2. The molecule has 1 saturated heterocycles. The maximum absolute atomic E-state index is 14.7. The van der Waals surface area contributed by atoms with Crippen LogP contribution in [0.15, 0.2) is 36.4 Å². The van der Waals surface area contributed by atoms with Gasteiger partial charge in [-0.15, -0.1) is 11.3 Å². The Hall–Kier alpha value is -4.34. The number of ether oxygens (including phenoxy) is 1. The summed E-state index contributed by atoms with van der Waals surface area (Å²) in [6.45, 7) is 2.56. The third-order valence-corrected chi connectivity index (χ3v) is 8.40. The number of nitrogens with zero attached hydrogens (tertiary/aromatic N) is 6. The number of hydrogen-bond acceptors (Lipinski definition) is 9. The molecule has 4 heterocycles. The van der Waals surface area contributed by atoms with Crippen molar-refractivity contribution < 1.29 is 13.9 Å². The molecule has 3 aromatic heterocycles. The van der Waals surface area contributed by atoms with Crippen LogP contribution in [-0.4, -0.2) is 44.3 Å². The van der Waals surface area contributed by atoms with Gasteiger partial charge in [0.1, 0.15) is 23.2 Å². The fraction of sp³-hybridized carbons (Fsp3) is 0.231. The molecule has 13 heteroatoms. The summed E-state index contributed by atoms with van der Waals surface area (Å²) in [6.07, 6.45) is -0.484. The van der Waals surface area contributed by atoms with E-state index in [1.165, 1.54) is 17.4 Å². The average Bonchev–Trinajstić information content (AvgIpc) is 3.52. The monoisotopic (exact) mass is 562 g/mol. The number of hydrogen-bond donors (Lipinski definition) is 2. The molecule has 1 aliphatic heterocycles. The Bertz CT molecular complexity index is 1810. The van der Waals surface area contributed by atoms with E-state index >= 15 is 0 Å². The Kier molecular flexibility index (Phi) is 6.05. The largest absolute Gasteiger partial charge is 0.438 e. The van der Waals surface area contributed by atoms with Gasteiger partial charge in [-0.05, 0) is 25.1 Å². The molecule has 1 fully saturated rings. The van der Waals surface area contributed by atoms with Gasteiger partial charge in [0.25, 0.3) is 0 Å². The Morgan fingerprint density at radius 1 is 1.23 bits per heavy atom. The van der Waals surface area contributed by atoms with Crippen molar-refractivity contribution in [2.75, 3.05) is 18.0 Å². The summed E-state index contributed by atoms with van der Waals surface area (Å²) < 4.78 is 21.0. The minimum atomic E-state index is -1.22. The predicted octanol–water partition coefficient (Wildman–Crippen LogP) is 5.19. The molecule has 196 valence electrons. The number of nitrogens with one attached hydrogen (secondary N) is 1. The molecule has 1 aliphatic rings. The van der Waals surface area contributed by atoms with Gasteiger partial charge in [0, 0.05) is 37.1 Å². The number of thiazole rings is 1. The number of rotatable bonds is 4. The topological polar surface area (TPSA) is 147 Å². The van der Waals surface area contributed by atoms with Crippen molar-refractivity contribution in [1.29, 1.82) is 5.26 Å². The maximum atomic E-state index is 14.7. The predicted molar refractivity (Wildman–Crippen MR) is 145 cm³/mol. The molecule has 2 aromatic carbocycles. The number of nitrogens with two attached hydrogens (primary N) is 1. The van der Waals surface area contributed by atoms with Gasteiger partial charge in [-0.25, -0.2) is 19.2 Å². The molecule has 0 bridgehead atoms. The number of aromatic nitrogens is 5. The van der Waals surface area contributed by atoms with Crippen LogP contribution >= 0.6 is 22.9 Å². The molecule has 0 aliphatic carbocycles. The van der Waals surface area contributed by atoms with Crippen LogP contribution < -0.4 is 10.6 Å². The fourth-order valence-electron chi connectivity index (χ4n) is 5.11. The standard InChI is InChI=1S/C26H20ClFN8O2S/c1-13-31-17-7-6-14(20(27)22(17)39-13)21-19-18(12-29)32-25(33-23(19)35-34-21)36-10-8-26(9-11-36,38-24(30)37)15-4-2-3-5-16(15)28/h2-7H,8-11H2,1H3,(H2,30,37)(H,32,33,34,35). The van der Waals surface area contributed by atoms with Gasteiger partial charge in [-0.2, -0.15) is 15.3 Å². The van der Waals surface area contributed by atoms with Crippen molar-refractivity contribution in [3.8, 4) is 17.3 Å². The number of anilines is 1. The first-order chi connectivity index (χ1) is 18.8. The van der Waals surface area contributed by atoms with Crippen LogP contribution in [0.25, 0.3) is 32.5 Å². The van der Waals surface area contributed by atoms with Gasteiger partial charge in [0.15, 0.2) is 11.3 Å². The van der Waals surface area contributed by atoms with Crippen LogP contribution in [0.1, 0.15) is 29.1 Å². The van der Waals surface area contributed by atoms with Crippen molar-refractivity contribution in [1.82, 2.24) is 25.1 Å². The van der Waals surface area contributed by atoms with Crippen molar-refractivity contribution in [2.24, 2.45) is 5.73 Å². The van der Waals surface area contributed by atoms with E-state index in [9.17, 15) is 14.4 Å². The van der Waals surface area contributed by atoms with Gasteiger partial charge in [0.2, 0.25) is 5.95 Å². The lowest BCUT2D eigenvalue weighted by Gasteiger charge is -2.41. The summed E-state index contributed by atoms with van der Waals surface area (Å²) in [5, 5.41) is 19.2. The van der Waals surface area contributed by atoms with E-state index in [1.54, 1.807) is 18.2 Å². The molecule has 1 amide bonds. The number of H-pyrrole nitrogens is 1. The van der Waals surface area contributed by atoms with Crippen LogP contribution in [0.3, 0.4) is 0 Å². The zero-order valence-electron chi connectivity index (χ0n) is 20.5. The number of primary amides is 1. The summed E-state index contributed by atoms with van der Waals surface area (Å²) >= 11 is 8.22. The number of carbonyl (C=O) groups is 1. The lowest BCUT2D eigenvalue weighted by molar-refractivity contribution is -0.00934. The molecular formula is C26H20ClFN8O2S. The first kappa shape index (κ1) is 25.0. The average molecular weight is 563 g/mol. The Morgan fingerprint density at radius 2 is 2.00 bits per heavy atom. The highest BCUT2D eigenvalue weighted by atomic mass is 35.5. The van der Waals surface area contributed by atoms with E-state index in [0.29, 0.717) is 46.4 Å². The minimum absolute atomic E-state index is 0.134. The SMILES string of the molecule is Cc1nc2ccc(-c3n[nH]c4nc(N5CCC(OC(N)=O)(c6ccccc6F)CC5)nc(C#N)c34)c(Cl)c2s1. The lowest BCUT2D eigenvalue weighted by Crippen LogP contribution is -2.47. The summed E-state index contributed by atoms with van der Waals surface area (Å²) in [7, 11) is 0. The van der Waals surface area contributed by atoms with Crippen LogP contribution in [-0.2, 0) is 10.3 Å². The summed E-state index contributed by atoms with van der Waals surface area (Å²) in [6, 6.07) is 12.0. The number of aryl methyl sites for hydroxylation is 1. The van der Waals surface area contributed by atoms with E-state index in [1.807, 2.05) is 24.0 Å². The number of benzene rings is 2. The number of nitriles is 1. The number of amides is 1. The normalized spacial score (nSPS) is 15.0. The molecule has 0 atom stereocenters. The van der Waals surface area contributed by atoms with Gasteiger partial charge < -0.3 is 15.4 Å². The third-order valence-electron chi connectivity index (χ3n) is 6.89. The maximum Gasteiger partial charge on any atom is 0.405 e. The Balaban J connectivity index is 1.35. The molecule has 6 rings (SSSR count). The highest BCUT2D eigenvalue weighted by Crippen LogP contribution is 2.41. The molecule has 0 saturated carbocycles. The van der Waals surface area contributed by atoms with Crippen molar-refractivity contribution in [3.05, 3.63) is 63.5 Å². The van der Waals surface area contributed by atoms with Crippen molar-refractivity contribution in [3.63, 3.8) is 0 Å². The second-order valence-electron chi connectivity index (χ2n) is 9.17. The third kappa shape index (κ3) is 4.20. The number of aromatic amines is 1. The van der Waals surface area contributed by atoms with Gasteiger partial charge in [0.05, 0.1) is 25.6 Å². The van der Waals surface area contributed by atoms with E-state index < -0.39 is 17.5 Å². The highest BCUT2D eigenvalue weighted by molar-refractivity contribution is 7.19. The molecule has 0 unspecified atom stereocenters. The number of piperidine rings is 1. The first-order valence-corrected chi connectivity index (χ1v) is 13.2. The fourth-order valence-corrected chi connectivity index (χ4v) is 6.33. The minimum Gasteiger partial charge on any atom is -0.438 e. The smallest absolute Gasteiger partial charge is 0.405 e. The van der Waals surface area contributed by atoms with Gasteiger partial charge in [-0.3, -0.25) is 5.10 Å². The molecule has 39 heavy (non-hydrogen) atoms. The first-order valence-electron chi connectivity index (χ1n) is 12.0. The quantitative estimate of drug-likeness (QED) is 0.304. The Labute approximate surface area is 230 Å². The molecular weight excluding hydrogens is 543 g/mol. The number of fused-ring (bicyclic) bond motifs is 2. The lowest BCUT2D eigenvalue weighted by atomic mass is 9.84. The van der Waals surface area contributed by atoms with Crippen LogP contribution in [0, 0.1) is 24.1 Å². The van der Waals surface area contributed by atoms with Gasteiger partial charge >= 0.3 is 6.09 Å². The van der Waals surface area contributed by atoms with E-state index in [-0.39, 0.29) is 24.1 Å². The van der Waals surface area contributed by atoms with Crippen LogP contribution in [0.2, 0.25) is 5.02 Å². The van der Waals surface area contributed by atoms with Crippen LogP contribution in [0.5, 0.6) is 0 Å².